The fourth-order valence-electron chi connectivity index (χ4n) is 3.00. The Labute approximate surface area is 133 Å². The van der Waals surface area contributed by atoms with Gasteiger partial charge in [-0.3, -0.25) is 4.99 Å². The van der Waals surface area contributed by atoms with Crippen LogP contribution in [0.15, 0.2) is 28.8 Å². The first-order valence-corrected chi connectivity index (χ1v) is 8.90. The molecular formula is C20H37N. The van der Waals surface area contributed by atoms with Crippen LogP contribution >= 0.6 is 0 Å². The van der Waals surface area contributed by atoms with Crippen LogP contribution in [0.2, 0.25) is 0 Å². The van der Waals surface area contributed by atoms with Gasteiger partial charge in [0.25, 0.3) is 0 Å². The van der Waals surface area contributed by atoms with E-state index in [0.29, 0.717) is 5.41 Å². The molecule has 0 heterocycles. The standard InChI is InChI=1S/C20H37N/c1-6-9-11-13-17-20(4,16-12-10-7-2)19(8-3)15-14-18-21-5/h8,14-15,18H,6-7,9-13,16-17H2,1-5H3/b15-14-,19-8+,21-18?. The summed E-state index contributed by atoms with van der Waals surface area (Å²) < 4.78 is 0. The maximum atomic E-state index is 4.05. The van der Waals surface area contributed by atoms with Gasteiger partial charge in [-0.2, -0.15) is 0 Å². The topological polar surface area (TPSA) is 12.4 Å². The van der Waals surface area contributed by atoms with E-state index in [1.165, 1.54) is 63.4 Å². The highest BCUT2D eigenvalue weighted by Crippen LogP contribution is 2.39. The van der Waals surface area contributed by atoms with E-state index in [4.69, 9.17) is 0 Å². The molecule has 0 bridgehead atoms. The van der Waals surface area contributed by atoms with E-state index < -0.39 is 0 Å². The zero-order chi connectivity index (χ0) is 16.0. The molecule has 0 aliphatic rings. The summed E-state index contributed by atoms with van der Waals surface area (Å²) in [5.41, 5.74) is 1.81. The molecule has 0 N–H and O–H groups in total. The number of hydrogen-bond acceptors (Lipinski definition) is 1. The lowest BCUT2D eigenvalue weighted by Gasteiger charge is -2.32. The molecule has 1 nitrogen and oxygen atoms in total. The SMILES string of the molecule is C/C=C(\C=C/C=NC)C(C)(CCCCC)CCCCCC. The van der Waals surface area contributed by atoms with Gasteiger partial charge in [0, 0.05) is 13.3 Å². The van der Waals surface area contributed by atoms with Crippen LogP contribution in [0.5, 0.6) is 0 Å². The summed E-state index contributed by atoms with van der Waals surface area (Å²) in [6.45, 7) is 9.20. The van der Waals surface area contributed by atoms with Crippen molar-refractivity contribution in [2.24, 2.45) is 10.4 Å². The van der Waals surface area contributed by atoms with Crippen molar-refractivity contribution in [3.8, 4) is 0 Å². The summed E-state index contributed by atoms with van der Waals surface area (Å²) in [7, 11) is 1.82. The maximum absolute atomic E-state index is 4.05. The molecule has 0 spiro atoms. The summed E-state index contributed by atoms with van der Waals surface area (Å²) in [6.07, 6.45) is 20.5. The highest BCUT2D eigenvalue weighted by Gasteiger charge is 2.25. The van der Waals surface area contributed by atoms with Crippen LogP contribution in [0.25, 0.3) is 0 Å². The first kappa shape index (κ1) is 20.1. The van der Waals surface area contributed by atoms with E-state index in [-0.39, 0.29) is 0 Å². The maximum Gasteiger partial charge on any atom is 0.0277 e. The lowest BCUT2D eigenvalue weighted by Crippen LogP contribution is -2.19. The van der Waals surface area contributed by atoms with E-state index in [1.807, 2.05) is 13.3 Å². The van der Waals surface area contributed by atoms with Crippen LogP contribution in [-0.2, 0) is 0 Å². The van der Waals surface area contributed by atoms with Crippen LogP contribution in [0.3, 0.4) is 0 Å². The van der Waals surface area contributed by atoms with E-state index in [9.17, 15) is 0 Å². The molecule has 0 saturated heterocycles. The third-order valence-corrected chi connectivity index (χ3v) is 4.43. The van der Waals surface area contributed by atoms with Gasteiger partial charge < -0.3 is 0 Å². The van der Waals surface area contributed by atoms with E-state index in [0.717, 1.165) is 0 Å². The largest absolute Gasteiger partial charge is 0.297 e. The average molecular weight is 292 g/mol. The van der Waals surface area contributed by atoms with Gasteiger partial charge in [0.1, 0.15) is 0 Å². The number of aliphatic imine (C=N–C) groups is 1. The van der Waals surface area contributed by atoms with Crippen LogP contribution in [0.1, 0.15) is 85.5 Å². The Balaban J connectivity index is 4.80. The molecule has 0 rings (SSSR count). The van der Waals surface area contributed by atoms with Gasteiger partial charge >= 0.3 is 0 Å². The fourth-order valence-corrected chi connectivity index (χ4v) is 3.00. The van der Waals surface area contributed by atoms with E-state index in [1.54, 1.807) is 0 Å². The van der Waals surface area contributed by atoms with Crippen molar-refractivity contribution in [3.63, 3.8) is 0 Å². The van der Waals surface area contributed by atoms with Crippen molar-refractivity contribution in [1.82, 2.24) is 0 Å². The summed E-state index contributed by atoms with van der Waals surface area (Å²) in [4.78, 5) is 4.05. The predicted octanol–water partition coefficient (Wildman–Crippen LogP) is 6.75. The minimum atomic E-state index is 0.329. The number of nitrogens with zero attached hydrogens (tertiary/aromatic N) is 1. The monoisotopic (exact) mass is 291 g/mol. The highest BCUT2D eigenvalue weighted by atomic mass is 14.6. The Kier molecular flexibility index (Phi) is 12.3. The molecule has 0 aromatic carbocycles. The van der Waals surface area contributed by atoms with E-state index >= 15 is 0 Å². The molecule has 1 unspecified atom stereocenters. The van der Waals surface area contributed by atoms with Crippen LogP contribution in [0.4, 0.5) is 0 Å². The smallest absolute Gasteiger partial charge is 0.0277 e. The molecule has 0 fully saturated rings. The summed E-state index contributed by atoms with van der Waals surface area (Å²) >= 11 is 0. The lowest BCUT2D eigenvalue weighted by atomic mass is 9.73. The van der Waals surface area contributed by atoms with Gasteiger partial charge in [-0.15, -0.1) is 0 Å². The van der Waals surface area contributed by atoms with Crippen molar-refractivity contribution in [1.29, 1.82) is 0 Å². The Morgan fingerprint density at radius 2 is 1.52 bits per heavy atom. The van der Waals surface area contributed by atoms with Gasteiger partial charge in [-0.25, -0.2) is 0 Å². The minimum absolute atomic E-state index is 0.329. The number of unbranched alkanes of at least 4 members (excludes halogenated alkanes) is 5. The van der Waals surface area contributed by atoms with Crippen molar-refractivity contribution in [2.75, 3.05) is 7.05 Å². The predicted molar refractivity (Wildman–Crippen MR) is 98.3 cm³/mol. The van der Waals surface area contributed by atoms with E-state index in [2.05, 4.69) is 50.9 Å². The van der Waals surface area contributed by atoms with Crippen LogP contribution < -0.4 is 0 Å². The molecule has 1 heteroatoms. The van der Waals surface area contributed by atoms with Gasteiger partial charge in [-0.1, -0.05) is 77.9 Å². The van der Waals surface area contributed by atoms with Gasteiger partial charge in [-0.05, 0) is 36.8 Å². The Bertz CT molecular complexity index is 325. The van der Waals surface area contributed by atoms with Crippen molar-refractivity contribution in [2.45, 2.75) is 85.5 Å². The van der Waals surface area contributed by atoms with Gasteiger partial charge in [0.2, 0.25) is 0 Å². The molecule has 21 heavy (non-hydrogen) atoms. The lowest BCUT2D eigenvalue weighted by molar-refractivity contribution is 0.315. The molecule has 0 aromatic rings. The summed E-state index contributed by atoms with van der Waals surface area (Å²) in [6, 6.07) is 0. The molecule has 122 valence electrons. The third kappa shape index (κ3) is 8.90. The molecule has 1 atom stereocenters. The first-order chi connectivity index (χ1) is 10.1. The number of allylic oxidation sites excluding steroid dienone is 4. The van der Waals surface area contributed by atoms with Gasteiger partial charge in [0.15, 0.2) is 0 Å². The van der Waals surface area contributed by atoms with Crippen molar-refractivity contribution < 1.29 is 0 Å². The third-order valence-electron chi connectivity index (χ3n) is 4.43. The fraction of sp³-hybridized carbons (Fsp3) is 0.750. The summed E-state index contributed by atoms with van der Waals surface area (Å²) in [5, 5.41) is 0. The quantitative estimate of drug-likeness (QED) is 0.214. The molecule has 0 aromatic heterocycles. The minimum Gasteiger partial charge on any atom is -0.297 e. The number of hydrogen-bond donors (Lipinski definition) is 0. The molecular weight excluding hydrogens is 254 g/mol. The Morgan fingerprint density at radius 1 is 0.952 bits per heavy atom. The normalized spacial score (nSPS) is 16.0. The molecule has 0 amide bonds. The number of rotatable bonds is 12. The van der Waals surface area contributed by atoms with Gasteiger partial charge in [0.05, 0.1) is 0 Å². The average Bonchev–Trinajstić information content (AvgIpc) is 2.48. The van der Waals surface area contributed by atoms with Crippen molar-refractivity contribution in [3.05, 3.63) is 23.8 Å². The molecule has 0 aliphatic carbocycles. The first-order valence-electron chi connectivity index (χ1n) is 8.90. The zero-order valence-electron chi connectivity index (χ0n) is 15.1. The molecule has 0 saturated carbocycles. The second-order valence-corrected chi connectivity index (χ2v) is 6.34. The Hall–Kier alpha value is -0.850. The summed E-state index contributed by atoms with van der Waals surface area (Å²) in [5.74, 6) is 0. The molecule has 0 aliphatic heterocycles. The van der Waals surface area contributed by atoms with Crippen LogP contribution in [0, 0.1) is 5.41 Å². The second kappa shape index (κ2) is 12.9. The highest BCUT2D eigenvalue weighted by molar-refractivity contribution is 5.71. The van der Waals surface area contributed by atoms with Crippen LogP contribution in [-0.4, -0.2) is 13.3 Å². The second-order valence-electron chi connectivity index (χ2n) is 6.34. The Morgan fingerprint density at radius 3 is 2.05 bits per heavy atom. The molecule has 0 radical (unpaired) electrons. The van der Waals surface area contributed by atoms with Crippen molar-refractivity contribution >= 4 is 6.21 Å². The zero-order valence-corrected chi connectivity index (χ0v) is 15.1.